The van der Waals surface area contributed by atoms with Crippen molar-refractivity contribution in [2.45, 2.75) is 25.3 Å². The van der Waals surface area contributed by atoms with Gasteiger partial charge in [-0.05, 0) is 55.7 Å². The molecule has 0 spiro atoms. The highest BCUT2D eigenvalue weighted by atomic mass is 15.1. The fraction of sp³-hybridized carbons (Fsp3) is 0.0755. The summed E-state index contributed by atoms with van der Waals surface area (Å²) in [5.41, 5.74) is 13.0. The van der Waals surface area contributed by atoms with E-state index in [9.17, 15) is 0 Å². The van der Waals surface area contributed by atoms with Crippen LogP contribution in [0.2, 0.25) is 0 Å². The van der Waals surface area contributed by atoms with Gasteiger partial charge in [-0.25, -0.2) is 0 Å². The Morgan fingerprint density at radius 3 is 1.50 bits per heavy atom. The van der Waals surface area contributed by atoms with Gasteiger partial charge in [0.2, 0.25) is 0 Å². The summed E-state index contributed by atoms with van der Waals surface area (Å²) in [5, 5.41) is 9.99. The van der Waals surface area contributed by atoms with Crippen molar-refractivity contribution in [1.82, 2.24) is 23.3 Å². The van der Waals surface area contributed by atoms with E-state index >= 15 is 0 Å². The number of para-hydroxylation sites is 4. The molecule has 13 rings (SSSR count). The van der Waals surface area contributed by atoms with E-state index in [0.29, 0.717) is 0 Å². The number of rotatable bonds is 4. The summed E-state index contributed by atoms with van der Waals surface area (Å²) in [6.07, 6.45) is 23.1. The summed E-state index contributed by atoms with van der Waals surface area (Å²) in [4.78, 5) is 5.10. The average molecular weight is 744 g/mol. The molecule has 0 saturated carbocycles. The minimum atomic E-state index is 0.204. The lowest BCUT2D eigenvalue weighted by atomic mass is 10.1. The zero-order valence-corrected chi connectivity index (χ0v) is 31.8. The molecule has 0 bridgehead atoms. The predicted molar refractivity (Wildman–Crippen MR) is 243 cm³/mol. The van der Waals surface area contributed by atoms with Crippen molar-refractivity contribution >= 4 is 92.9 Å². The molecular weight excluding hydrogens is 707 g/mol. The van der Waals surface area contributed by atoms with Crippen LogP contribution in [-0.4, -0.2) is 23.3 Å². The number of aromatic nitrogens is 5. The predicted octanol–water partition coefficient (Wildman–Crippen LogP) is 13.7. The Kier molecular flexibility index (Phi) is 6.61. The van der Waals surface area contributed by atoms with E-state index in [2.05, 4.69) is 188 Å². The van der Waals surface area contributed by atoms with Crippen molar-refractivity contribution < 1.29 is 0 Å². The second kappa shape index (κ2) is 12.1. The van der Waals surface area contributed by atoms with Gasteiger partial charge in [0, 0.05) is 54.3 Å². The summed E-state index contributed by atoms with van der Waals surface area (Å²) in [6.45, 7) is 0. The third-order valence-corrected chi connectivity index (χ3v) is 12.7. The molecule has 5 heterocycles. The van der Waals surface area contributed by atoms with Gasteiger partial charge in [-0.2, -0.15) is 0 Å². The molecule has 0 saturated heterocycles. The molecule has 5 aromatic heterocycles. The molecular formula is C53H37N5. The first-order valence-electron chi connectivity index (χ1n) is 20.4. The second-order valence-corrected chi connectivity index (χ2v) is 15.8. The van der Waals surface area contributed by atoms with E-state index < -0.39 is 0 Å². The van der Waals surface area contributed by atoms with Crippen LogP contribution in [0.3, 0.4) is 0 Å². The van der Waals surface area contributed by atoms with Crippen LogP contribution >= 0.6 is 0 Å². The Morgan fingerprint density at radius 2 is 0.948 bits per heavy atom. The van der Waals surface area contributed by atoms with Gasteiger partial charge in [0.15, 0.2) is 0 Å². The van der Waals surface area contributed by atoms with E-state index in [1.165, 1.54) is 87.4 Å². The highest BCUT2D eigenvalue weighted by Crippen LogP contribution is 2.45. The maximum atomic E-state index is 5.10. The van der Waals surface area contributed by atoms with E-state index in [1.54, 1.807) is 0 Å². The number of hydrogen-bond donors (Lipinski definition) is 0. The third-order valence-electron chi connectivity index (χ3n) is 12.7. The van der Waals surface area contributed by atoms with Crippen LogP contribution < -0.4 is 0 Å². The average Bonchev–Trinajstić information content (AvgIpc) is 4.02. The van der Waals surface area contributed by atoms with Gasteiger partial charge >= 0.3 is 0 Å². The minimum Gasteiger partial charge on any atom is -0.331 e. The van der Waals surface area contributed by atoms with Gasteiger partial charge in [-0.15, -0.1) is 0 Å². The number of hydrogen-bond acceptors (Lipinski definition) is 1. The van der Waals surface area contributed by atoms with E-state index in [0.717, 1.165) is 36.2 Å². The first kappa shape index (κ1) is 31.8. The van der Waals surface area contributed by atoms with Crippen molar-refractivity contribution in [3.63, 3.8) is 0 Å². The smallest absolute Gasteiger partial charge is 0.0789 e. The van der Waals surface area contributed by atoms with E-state index in [-0.39, 0.29) is 6.04 Å². The molecule has 6 aromatic carbocycles. The molecule has 1 unspecified atom stereocenters. The summed E-state index contributed by atoms with van der Waals surface area (Å²) >= 11 is 0. The second-order valence-electron chi connectivity index (χ2n) is 15.8. The lowest BCUT2D eigenvalue weighted by Gasteiger charge is -2.20. The number of allylic oxidation sites excluding steroid dienone is 8. The van der Waals surface area contributed by atoms with Crippen molar-refractivity contribution in [3.05, 3.63) is 182 Å². The molecule has 11 aromatic rings. The molecule has 2 aliphatic rings. The molecule has 0 N–H and O–H groups in total. The number of pyridine rings is 1. The number of nitrogens with zero attached hydrogens (tertiary/aromatic N) is 5. The Hall–Kier alpha value is -7.37. The monoisotopic (exact) mass is 743 g/mol. The van der Waals surface area contributed by atoms with E-state index in [4.69, 9.17) is 4.98 Å². The largest absolute Gasteiger partial charge is 0.331 e. The maximum Gasteiger partial charge on any atom is 0.0789 e. The molecule has 0 radical (unpaired) electrons. The summed E-state index contributed by atoms with van der Waals surface area (Å²) in [5.74, 6) is 0. The van der Waals surface area contributed by atoms with Gasteiger partial charge in [-0.1, -0.05) is 134 Å². The summed E-state index contributed by atoms with van der Waals surface area (Å²) in [6, 6.07) is 47.3. The van der Waals surface area contributed by atoms with Crippen molar-refractivity contribution in [3.8, 4) is 11.4 Å². The minimum absolute atomic E-state index is 0.204. The van der Waals surface area contributed by atoms with Crippen molar-refractivity contribution in [2.24, 2.45) is 0 Å². The zero-order valence-electron chi connectivity index (χ0n) is 31.8. The van der Waals surface area contributed by atoms with Crippen LogP contribution in [0, 0.1) is 0 Å². The molecule has 274 valence electrons. The van der Waals surface area contributed by atoms with Crippen LogP contribution in [0.4, 0.5) is 0 Å². The highest BCUT2D eigenvalue weighted by molar-refractivity contribution is 6.25. The van der Waals surface area contributed by atoms with Crippen LogP contribution in [0.1, 0.15) is 25.3 Å². The fourth-order valence-electron chi connectivity index (χ4n) is 10.4. The molecule has 0 aliphatic heterocycles. The molecule has 5 heteroatoms. The van der Waals surface area contributed by atoms with Gasteiger partial charge < -0.3 is 18.3 Å². The lowest BCUT2D eigenvalue weighted by molar-refractivity contribution is 0.648. The standard InChI is InChI=1S/C53H37N5/c1-3-15-34(16-4-1)55-46-23-11-7-19-38(46)42-27-29-44-40-21-9-13-25-48(40)57(52(44)50(42)55)36-31-37(33-54-32-36)58-49-26-14-10-22-41(49)45-30-28-43-39-20-8-12-24-47(39)56(51(43)53(45)58)35-17-5-2-6-18-35/h1,3-5,7-15,17-34H,2,6,16H2. The maximum absolute atomic E-state index is 5.10. The van der Waals surface area contributed by atoms with E-state index in [1.807, 2.05) is 12.4 Å². The van der Waals surface area contributed by atoms with Crippen LogP contribution in [0.5, 0.6) is 0 Å². The van der Waals surface area contributed by atoms with Gasteiger partial charge in [0.25, 0.3) is 0 Å². The molecule has 1 atom stereocenters. The zero-order chi connectivity index (χ0) is 37.9. The Bertz CT molecular complexity index is 3670. The third kappa shape index (κ3) is 4.28. The van der Waals surface area contributed by atoms with Crippen molar-refractivity contribution in [1.29, 1.82) is 0 Å². The Labute approximate surface area is 334 Å². The Morgan fingerprint density at radius 1 is 0.448 bits per heavy atom. The molecule has 2 aliphatic carbocycles. The topological polar surface area (TPSA) is 32.6 Å². The van der Waals surface area contributed by atoms with Crippen LogP contribution in [-0.2, 0) is 0 Å². The normalized spacial score (nSPS) is 15.8. The molecule has 0 amide bonds. The fourth-order valence-corrected chi connectivity index (χ4v) is 10.4. The number of benzene rings is 6. The number of fused-ring (bicyclic) bond motifs is 14. The van der Waals surface area contributed by atoms with Gasteiger partial charge in [-0.3, -0.25) is 4.98 Å². The first-order valence-corrected chi connectivity index (χ1v) is 20.4. The quantitative estimate of drug-likeness (QED) is 0.177. The van der Waals surface area contributed by atoms with Crippen molar-refractivity contribution in [2.75, 3.05) is 0 Å². The van der Waals surface area contributed by atoms with Crippen LogP contribution in [0.25, 0.3) is 104 Å². The van der Waals surface area contributed by atoms with Crippen LogP contribution in [0.15, 0.2) is 182 Å². The van der Waals surface area contributed by atoms with Gasteiger partial charge in [0.1, 0.15) is 0 Å². The lowest BCUT2D eigenvalue weighted by Crippen LogP contribution is -2.08. The molecule has 58 heavy (non-hydrogen) atoms. The SMILES string of the molecule is C1=CCC(n2c3ccccc3c3ccc4c5ccccc5n(-c5cncc(-n6c7ccccc7c7ccc8c9ccccc9n(C9=CCCC=C9)c8c76)c5)c4c32)C=C1. The Balaban J connectivity index is 1.16. The molecule has 5 nitrogen and oxygen atoms in total. The first-order chi connectivity index (χ1) is 28.8. The molecule has 0 fully saturated rings. The summed E-state index contributed by atoms with van der Waals surface area (Å²) in [7, 11) is 0. The summed E-state index contributed by atoms with van der Waals surface area (Å²) < 4.78 is 10.0. The van der Waals surface area contributed by atoms with Gasteiger partial charge in [0.05, 0.1) is 68.4 Å². The highest BCUT2D eigenvalue weighted by Gasteiger charge is 2.25.